The molecule has 4 heterocycles. The van der Waals surface area contributed by atoms with E-state index in [-0.39, 0.29) is 16.7 Å². The normalized spacial score (nSPS) is 20.8. The van der Waals surface area contributed by atoms with Gasteiger partial charge in [-0.2, -0.15) is 0 Å². The second-order valence-corrected chi connectivity index (χ2v) is 10.9. The van der Waals surface area contributed by atoms with Crippen molar-refractivity contribution in [3.63, 3.8) is 0 Å². The van der Waals surface area contributed by atoms with Crippen LogP contribution in [0.5, 0.6) is 0 Å². The second kappa shape index (κ2) is 8.06. The molecule has 6 nitrogen and oxygen atoms in total. The molecule has 29 heavy (non-hydrogen) atoms. The Hall–Kier alpha value is -1.35. The van der Waals surface area contributed by atoms with E-state index in [1.165, 1.54) is 11.3 Å². The Balaban J connectivity index is 1.39. The summed E-state index contributed by atoms with van der Waals surface area (Å²) in [5.74, 6) is 0.426. The molecule has 0 unspecified atom stereocenters. The SMILES string of the molecule is CC(C)(C)c1ncc(C(=O)N2C[C@@H](COCc3cccc(Br)n3)C3(CNC3)C2)s1. The Morgan fingerprint density at radius 3 is 2.83 bits per heavy atom. The summed E-state index contributed by atoms with van der Waals surface area (Å²) in [7, 11) is 0. The summed E-state index contributed by atoms with van der Waals surface area (Å²) in [5.41, 5.74) is 0.993. The van der Waals surface area contributed by atoms with E-state index in [0.29, 0.717) is 19.1 Å². The van der Waals surface area contributed by atoms with E-state index in [2.05, 4.69) is 52.0 Å². The third-order valence-corrected chi connectivity index (χ3v) is 7.61. The monoisotopic (exact) mass is 478 g/mol. The predicted molar refractivity (Wildman–Crippen MR) is 117 cm³/mol. The van der Waals surface area contributed by atoms with E-state index >= 15 is 0 Å². The van der Waals surface area contributed by atoms with E-state index < -0.39 is 0 Å². The van der Waals surface area contributed by atoms with Crippen molar-refractivity contribution in [3.8, 4) is 0 Å². The summed E-state index contributed by atoms with van der Waals surface area (Å²) in [6, 6.07) is 5.83. The maximum Gasteiger partial charge on any atom is 0.265 e. The van der Waals surface area contributed by atoms with E-state index in [9.17, 15) is 4.79 Å². The van der Waals surface area contributed by atoms with Gasteiger partial charge in [0.15, 0.2) is 0 Å². The maximum atomic E-state index is 13.1. The first-order chi connectivity index (χ1) is 13.8. The molecule has 0 aromatic carbocycles. The number of nitrogens with one attached hydrogen (secondary N) is 1. The van der Waals surface area contributed by atoms with Crippen LogP contribution in [0.2, 0.25) is 0 Å². The van der Waals surface area contributed by atoms with Crippen LogP contribution in [0.3, 0.4) is 0 Å². The number of amides is 1. The van der Waals surface area contributed by atoms with Crippen molar-refractivity contribution in [2.24, 2.45) is 11.3 Å². The standard InChI is InChI=1S/C21H27BrN4O2S/c1-20(2,3)19-24-7-16(29-19)18(27)26-8-14(21(13-26)11-23-12-21)9-28-10-15-5-4-6-17(22)25-15/h4-7,14,23H,8-13H2,1-3H3/t14-/m0/s1. The molecule has 2 aliphatic heterocycles. The molecule has 1 N–H and O–H groups in total. The van der Waals surface area contributed by atoms with Crippen LogP contribution in [0.1, 0.15) is 41.1 Å². The minimum atomic E-state index is -0.0375. The lowest BCUT2D eigenvalue weighted by Gasteiger charge is -2.43. The van der Waals surface area contributed by atoms with Gasteiger partial charge in [-0.15, -0.1) is 11.3 Å². The Kier molecular flexibility index (Phi) is 5.81. The number of thiazole rings is 1. The number of nitrogens with zero attached hydrogens (tertiary/aromatic N) is 3. The van der Waals surface area contributed by atoms with Crippen molar-refractivity contribution in [2.45, 2.75) is 32.8 Å². The third kappa shape index (κ3) is 4.40. The Bertz CT molecular complexity index is 891. The number of carbonyl (C=O) groups is 1. The molecule has 156 valence electrons. The Morgan fingerprint density at radius 1 is 1.41 bits per heavy atom. The first-order valence-electron chi connectivity index (χ1n) is 9.92. The molecule has 0 saturated carbocycles. The van der Waals surface area contributed by atoms with Crippen LogP contribution in [0.15, 0.2) is 29.0 Å². The molecule has 1 amide bonds. The molecule has 2 aromatic rings. The van der Waals surface area contributed by atoms with E-state index in [0.717, 1.165) is 46.4 Å². The van der Waals surface area contributed by atoms with E-state index in [1.54, 1.807) is 6.20 Å². The summed E-state index contributed by atoms with van der Waals surface area (Å²) in [6.45, 7) is 10.9. The maximum absolute atomic E-state index is 13.1. The predicted octanol–water partition coefficient (Wildman–Crippen LogP) is 3.48. The van der Waals surface area contributed by atoms with Gasteiger partial charge in [0.25, 0.3) is 5.91 Å². The van der Waals surface area contributed by atoms with Gasteiger partial charge in [-0.1, -0.05) is 26.8 Å². The fourth-order valence-electron chi connectivity index (χ4n) is 3.98. The number of carbonyl (C=O) groups excluding carboxylic acids is 1. The molecule has 2 saturated heterocycles. The minimum Gasteiger partial charge on any atom is -0.375 e. The van der Waals surface area contributed by atoms with Gasteiger partial charge < -0.3 is 15.0 Å². The molecular formula is C21H27BrN4O2S. The summed E-state index contributed by atoms with van der Waals surface area (Å²) in [4.78, 5) is 24.7. The van der Waals surface area contributed by atoms with Gasteiger partial charge >= 0.3 is 0 Å². The zero-order chi connectivity index (χ0) is 20.6. The first-order valence-corrected chi connectivity index (χ1v) is 11.5. The molecule has 0 radical (unpaired) electrons. The van der Waals surface area contributed by atoms with Crippen LogP contribution in [0.4, 0.5) is 0 Å². The first kappa shape index (κ1) is 20.9. The summed E-state index contributed by atoms with van der Waals surface area (Å²) < 4.78 is 6.83. The fourth-order valence-corrected chi connectivity index (χ4v) is 5.30. The highest BCUT2D eigenvalue weighted by atomic mass is 79.9. The van der Waals surface area contributed by atoms with Crippen LogP contribution in [0, 0.1) is 11.3 Å². The van der Waals surface area contributed by atoms with E-state index in [4.69, 9.17) is 4.74 Å². The van der Waals surface area contributed by atoms with Crippen molar-refractivity contribution in [2.75, 3.05) is 32.8 Å². The van der Waals surface area contributed by atoms with Gasteiger partial charge in [-0.3, -0.25) is 4.79 Å². The Labute approximate surface area is 184 Å². The van der Waals surface area contributed by atoms with Crippen LogP contribution >= 0.6 is 27.3 Å². The van der Waals surface area contributed by atoms with Crippen LogP contribution in [0.25, 0.3) is 0 Å². The van der Waals surface area contributed by atoms with Gasteiger partial charge in [0.1, 0.15) is 9.48 Å². The number of aromatic nitrogens is 2. The summed E-state index contributed by atoms with van der Waals surface area (Å²) in [6.07, 6.45) is 1.74. The number of pyridine rings is 1. The number of likely N-dealkylation sites (tertiary alicyclic amines) is 1. The average molecular weight is 479 g/mol. The highest BCUT2D eigenvalue weighted by Gasteiger charge is 2.51. The third-order valence-electron chi connectivity index (χ3n) is 5.75. The molecule has 0 bridgehead atoms. The molecule has 1 spiro atoms. The van der Waals surface area contributed by atoms with Gasteiger partial charge in [-0.25, -0.2) is 9.97 Å². The van der Waals surface area contributed by atoms with E-state index in [1.807, 2.05) is 23.1 Å². The zero-order valence-electron chi connectivity index (χ0n) is 17.1. The molecule has 2 aromatic heterocycles. The molecule has 4 rings (SSSR count). The molecular weight excluding hydrogens is 452 g/mol. The minimum absolute atomic E-state index is 0.0375. The number of rotatable bonds is 5. The fraction of sp³-hybridized carbons (Fsp3) is 0.571. The van der Waals surface area contributed by atoms with Crippen LogP contribution in [-0.4, -0.2) is 53.6 Å². The highest BCUT2D eigenvalue weighted by molar-refractivity contribution is 9.10. The number of hydrogen-bond acceptors (Lipinski definition) is 6. The lowest BCUT2D eigenvalue weighted by Crippen LogP contribution is -2.58. The Morgan fingerprint density at radius 2 is 2.21 bits per heavy atom. The molecule has 2 fully saturated rings. The van der Waals surface area contributed by atoms with Gasteiger partial charge in [-0.05, 0) is 28.1 Å². The van der Waals surface area contributed by atoms with Crippen molar-refractivity contribution < 1.29 is 9.53 Å². The lowest BCUT2D eigenvalue weighted by atomic mass is 9.73. The smallest absolute Gasteiger partial charge is 0.265 e. The number of hydrogen-bond donors (Lipinski definition) is 1. The van der Waals surface area contributed by atoms with Crippen LogP contribution in [-0.2, 0) is 16.8 Å². The molecule has 2 aliphatic rings. The van der Waals surface area contributed by atoms with Gasteiger partial charge in [0, 0.05) is 42.9 Å². The highest BCUT2D eigenvalue weighted by Crippen LogP contribution is 2.40. The molecule has 1 atom stereocenters. The van der Waals surface area contributed by atoms with Gasteiger partial charge in [0.2, 0.25) is 0 Å². The van der Waals surface area contributed by atoms with Crippen molar-refractivity contribution >= 4 is 33.2 Å². The number of halogens is 1. The summed E-state index contributed by atoms with van der Waals surface area (Å²) >= 11 is 4.91. The van der Waals surface area contributed by atoms with Gasteiger partial charge in [0.05, 0.1) is 30.1 Å². The lowest BCUT2D eigenvalue weighted by molar-refractivity contribution is 0.0249. The quantitative estimate of drug-likeness (QED) is 0.666. The largest absolute Gasteiger partial charge is 0.375 e. The van der Waals surface area contributed by atoms with Crippen molar-refractivity contribution in [1.29, 1.82) is 0 Å². The number of ether oxygens (including phenoxy) is 1. The van der Waals surface area contributed by atoms with Crippen molar-refractivity contribution in [3.05, 3.63) is 44.6 Å². The average Bonchev–Trinajstić information content (AvgIpc) is 3.26. The summed E-state index contributed by atoms with van der Waals surface area (Å²) in [5, 5.41) is 4.39. The topological polar surface area (TPSA) is 67.4 Å². The van der Waals surface area contributed by atoms with Crippen LogP contribution < -0.4 is 5.32 Å². The zero-order valence-corrected chi connectivity index (χ0v) is 19.5. The second-order valence-electron chi connectivity index (χ2n) is 9.09. The molecule has 8 heteroatoms. The van der Waals surface area contributed by atoms with Crippen molar-refractivity contribution in [1.82, 2.24) is 20.2 Å². The molecule has 0 aliphatic carbocycles.